The SMILES string of the molecule is Cc1ccc(C#N)c(NCc2ccc(C#N)cc2F)c1. The molecule has 0 atom stereocenters. The van der Waals surface area contributed by atoms with Crippen LogP contribution in [0.15, 0.2) is 36.4 Å². The molecule has 3 nitrogen and oxygen atoms in total. The van der Waals surface area contributed by atoms with Crippen molar-refractivity contribution in [3.8, 4) is 12.1 Å². The molecule has 20 heavy (non-hydrogen) atoms. The number of rotatable bonds is 3. The Morgan fingerprint density at radius 3 is 2.55 bits per heavy atom. The number of benzene rings is 2. The number of nitriles is 2. The first kappa shape index (κ1) is 13.6. The van der Waals surface area contributed by atoms with Crippen LogP contribution in [0.4, 0.5) is 10.1 Å². The predicted molar refractivity (Wildman–Crippen MR) is 74.3 cm³/mol. The highest BCUT2D eigenvalue weighted by atomic mass is 19.1. The molecule has 0 saturated heterocycles. The number of nitrogens with zero attached hydrogens (tertiary/aromatic N) is 2. The lowest BCUT2D eigenvalue weighted by molar-refractivity contribution is 0.612. The average Bonchev–Trinajstić information content (AvgIpc) is 2.46. The van der Waals surface area contributed by atoms with E-state index in [1.165, 1.54) is 6.07 Å². The first-order chi connectivity index (χ1) is 9.63. The molecule has 0 unspecified atom stereocenters. The molecule has 2 rings (SSSR count). The van der Waals surface area contributed by atoms with Gasteiger partial charge in [-0.1, -0.05) is 12.1 Å². The summed E-state index contributed by atoms with van der Waals surface area (Å²) in [6.45, 7) is 2.18. The number of nitrogens with one attached hydrogen (secondary N) is 1. The van der Waals surface area contributed by atoms with Crippen molar-refractivity contribution in [2.45, 2.75) is 13.5 Å². The minimum atomic E-state index is -0.428. The molecule has 0 aromatic heterocycles. The Balaban J connectivity index is 2.19. The third-order valence-corrected chi connectivity index (χ3v) is 2.95. The van der Waals surface area contributed by atoms with Gasteiger partial charge in [0.2, 0.25) is 0 Å². The van der Waals surface area contributed by atoms with Crippen molar-refractivity contribution in [2.75, 3.05) is 5.32 Å². The molecule has 98 valence electrons. The van der Waals surface area contributed by atoms with Crippen molar-refractivity contribution in [1.82, 2.24) is 0 Å². The Bertz CT molecular complexity index is 723. The molecular formula is C16H12FN3. The molecule has 0 aliphatic heterocycles. The lowest BCUT2D eigenvalue weighted by atomic mass is 10.1. The van der Waals surface area contributed by atoms with Crippen LogP contribution in [0.1, 0.15) is 22.3 Å². The first-order valence-corrected chi connectivity index (χ1v) is 6.07. The topological polar surface area (TPSA) is 59.6 Å². The van der Waals surface area contributed by atoms with Crippen molar-refractivity contribution in [3.63, 3.8) is 0 Å². The van der Waals surface area contributed by atoms with E-state index in [1.807, 2.05) is 25.1 Å². The van der Waals surface area contributed by atoms with E-state index in [4.69, 9.17) is 10.5 Å². The Morgan fingerprint density at radius 2 is 1.90 bits per heavy atom. The highest BCUT2D eigenvalue weighted by molar-refractivity contribution is 5.59. The van der Waals surface area contributed by atoms with Crippen LogP contribution in [0.3, 0.4) is 0 Å². The monoisotopic (exact) mass is 265 g/mol. The van der Waals surface area contributed by atoms with Gasteiger partial charge < -0.3 is 5.32 Å². The molecule has 0 heterocycles. The number of hydrogen-bond acceptors (Lipinski definition) is 3. The summed E-state index contributed by atoms with van der Waals surface area (Å²) in [6.07, 6.45) is 0. The van der Waals surface area contributed by atoms with Crippen molar-refractivity contribution in [3.05, 3.63) is 64.5 Å². The molecule has 0 bridgehead atoms. The van der Waals surface area contributed by atoms with Crippen LogP contribution < -0.4 is 5.32 Å². The molecule has 0 spiro atoms. The van der Waals surface area contributed by atoms with Gasteiger partial charge in [0.25, 0.3) is 0 Å². The zero-order valence-electron chi connectivity index (χ0n) is 10.9. The third-order valence-electron chi connectivity index (χ3n) is 2.95. The van der Waals surface area contributed by atoms with Gasteiger partial charge in [-0.3, -0.25) is 0 Å². The van der Waals surface area contributed by atoms with E-state index >= 15 is 0 Å². The number of hydrogen-bond donors (Lipinski definition) is 1. The summed E-state index contributed by atoms with van der Waals surface area (Å²) in [5.74, 6) is -0.428. The normalized spacial score (nSPS) is 9.60. The summed E-state index contributed by atoms with van der Waals surface area (Å²) < 4.78 is 13.7. The summed E-state index contributed by atoms with van der Waals surface area (Å²) in [5.41, 5.74) is 2.96. The van der Waals surface area contributed by atoms with Gasteiger partial charge in [0.05, 0.1) is 22.9 Å². The molecule has 0 radical (unpaired) electrons. The van der Waals surface area contributed by atoms with E-state index in [0.29, 0.717) is 22.4 Å². The summed E-state index contributed by atoms with van der Waals surface area (Å²) in [7, 11) is 0. The number of halogens is 1. The minimum absolute atomic E-state index is 0.260. The molecule has 4 heteroatoms. The number of aryl methyl sites for hydroxylation is 1. The zero-order chi connectivity index (χ0) is 14.5. The fraction of sp³-hybridized carbons (Fsp3) is 0.125. The van der Waals surface area contributed by atoms with Crippen LogP contribution in [-0.2, 0) is 6.54 Å². The summed E-state index contributed by atoms with van der Waals surface area (Å²) in [6, 6.07) is 13.8. The van der Waals surface area contributed by atoms with E-state index in [-0.39, 0.29) is 6.54 Å². The van der Waals surface area contributed by atoms with E-state index < -0.39 is 5.82 Å². The second-order valence-electron chi connectivity index (χ2n) is 4.43. The lowest BCUT2D eigenvalue weighted by Gasteiger charge is -2.10. The van der Waals surface area contributed by atoms with E-state index in [9.17, 15) is 4.39 Å². The Labute approximate surface area is 116 Å². The summed E-state index contributed by atoms with van der Waals surface area (Å²) in [4.78, 5) is 0. The lowest BCUT2D eigenvalue weighted by Crippen LogP contribution is -2.04. The Morgan fingerprint density at radius 1 is 1.10 bits per heavy atom. The first-order valence-electron chi connectivity index (χ1n) is 6.07. The second kappa shape index (κ2) is 5.86. The van der Waals surface area contributed by atoms with Gasteiger partial charge in [0, 0.05) is 12.1 Å². The maximum Gasteiger partial charge on any atom is 0.129 e. The van der Waals surface area contributed by atoms with Gasteiger partial charge in [-0.25, -0.2) is 4.39 Å². The molecule has 0 fully saturated rings. The van der Waals surface area contributed by atoms with Crippen molar-refractivity contribution in [2.24, 2.45) is 0 Å². The molecule has 0 aliphatic carbocycles. The van der Waals surface area contributed by atoms with Crippen LogP contribution in [0.25, 0.3) is 0 Å². The Kier molecular flexibility index (Phi) is 3.98. The highest BCUT2D eigenvalue weighted by Gasteiger charge is 2.06. The molecule has 0 aliphatic rings. The predicted octanol–water partition coefficient (Wildman–Crippen LogP) is 3.49. The van der Waals surface area contributed by atoms with Gasteiger partial charge in [-0.15, -0.1) is 0 Å². The molecule has 2 aromatic rings. The van der Waals surface area contributed by atoms with Crippen molar-refractivity contribution in [1.29, 1.82) is 10.5 Å². The fourth-order valence-corrected chi connectivity index (χ4v) is 1.85. The van der Waals surface area contributed by atoms with Crippen LogP contribution >= 0.6 is 0 Å². The zero-order valence-corrected chi connectivity index (χ0v) is 10.9. The average molecular weight is 265 g/mol. The van der Waals surface area contributed by atoms with Gasteiger partial charge in [0.1, 0.15) is 11.9 Å². The largest absolute Gasteiger partial charge is 0.380 e. The van der Waals surface area contributed by atoms with Gasteiger partial charge in [-0.2, -0.15) is 10.5 Å². The molecule has 0 amide bonds. The van der Waals surface area contributed by atoms with Gasteiger partial charge in [0.15, 0.2) is 0 Å². The number of anilines is 1. The standard InChI is InChI=1S/C16H12FN3/c1-11-2-4-13(9-19)16(6-11)20-10-14-5-3-12(8-18)7-15(14)17/h2-7,20H,10H2,1H3. The molecule has 1 N–H and O–H groups in total. The van der Waals surface area contributed by atoms with E-state index in [1.54, 1.807) is 18.2 Å². The van der Waals surface area contributed by atoms with Gasteiger partial charge in [-0.05, 0) is 36.8 Å². The summed E-state index contributed by atoms with van der Waals surface area (Å²) >= 11 is 0. The second-order valence-corrected chi connectivity index (χ2v) is 4.43. The molecule has 0 saturated carbocycles. The van der Waals surface area contributed by atoms with Crippen LogP contribution in [0.2, 0.25) is 0 Å². The Hall–Kier alpha value is -2.85. The van der Waals surface area contributed by atoms with Crippen molar-refractivity contribution < 1.29 is 4.39 Å². The fourth-order valence-electron chi connectivity index (χ4n) is 1.85. The van der Waals surface area contributed by atoms with Crippen LogP contribution in [0.5, 0.6) is 0 Å². The third kappa shape index (κ3) is 2.93. The molecule has 2 aromatic carbocycles. The highest BCUT2D eigenvalue weighted by Crippen LogP contribution is 2.18. The maximum atomic E-state index is 13.7. The van der Waals surface area contributed by atoms with Crippen LogP contribution in [-0.4, -0.2) is 0 Å². The summed E-state index contributed by atoms with van der Waals surface area (Å²) in [5, 5.41) is 20.8. The van der Waals surface area contributed by atoms with Gasteiger partial charge >= 0.3 is 0 Å². The van der Waals surface area contributed by atoms with E-state index in [2.05, 4.69) is 11.4 Å². The maximum absolute atomic E-state index is 13.7. The van der Waals surface area contributed by atoms with E-state index in [0.717, 1.165) is 5.56 Å². The van der Waals surface area contributed by atoms with Crippen LogP contribution in [0, 0.1) is 35.4 Å². The smallest absolute Gasteiger partial charge is 0.129 e. The molecular weight excluding hydrogens is 253 g/mol. The van der Waals surface area contributed by atoms with Crippen molar-refractivity contribution >= 4 is 5.69 Å². The minimum Gasteiger partial charge on any atom is -0.380 e. The quantitative estimate of drug-likeness (QED) is 0.924.